The third kappa shape index (κ3) is 3.74. The Morgan fingerprint density at radius 2 is 2.13 bits per heavy atom. The van der Waals surface area contributed by atoms with E-state index in [4.69, 9.17) is 0 Å². The number of hydrogen-bond donors (Lipinski definition) is 2. The van der Waals surface area contributed by atoms with Crippen molar-refractivity contribution in [1.82, 2.24) is 10.2 Å². The highest BCUT2D eigenvalue weighted by Gasteiger charge is 2.27. The standard InChI is InChI=1S/C12H26N2O/c1-10(11(2)15)14-9-5-4-6-12(14)7-8-13-3/h10-13,15H,4-9H2,1-3H3. The maximum atomic E-state index is 9.66. The number of nitrogens with zero attached hydrogens (tertiary/aromatic N) is 1. The number of hydrogen-bond acceptors (Lipinski definition) is 3. The number of piperidine rings is 1. The van der Waals surface area contributed by atoms with Crippen LogP contribution in [0.5, 0.6) is 0 Å². The summed E-state index contributed by atoms with van der Waals surface area (Å²) in [5.74, 6) is 0. The molecule has 1 aliphatic rings. The first-order valence-corrected chi connectivity index (χ1v) is 6.25. The Bertz CT molecular complexity index is 173. The molecule has 0 aliphatic carbocycles. The maximum Gasteiger partial charge on any atom is 0.0664 e. The molecular formula is C12H26N2O. The lowest BCUT2D eigenvalue weighted by atomic mass is 9.96. The predicted octanol–water partition coefficient (Wildman–Crippen LogP) is 1.22. The van der Waals surface area contributed by atoms with Gasteiger partial charge in [0, 0.05) is 12.1 Å². The van der Waals surface area contributed by atoms with E-state index in [1.807, 2.05) is 14.0 Å². The number of nitrogens with one attached hydrogen (secondary N) is 1. The molecule has 1 rings (SSSR count). The molecule has 90 valence electrons. The van der Waals surface area contributed by atoms with Crippen molar-refractivity contribution in [2.45, 2.75) is 57.7 Å². The summed E-state index contributed by atoms with van der Waals surface area (Å²) in [6.07, 6.45) is 4.90. The van der Waals surface area contributed by atoms with Crippen LogP contribution in [-0.2, 0) is 0 Å². The second kappa shape index (κ2) is 6.46. The van der Waals surface area contributed by atoms with E-state index in [0.29, 0.717) is 12.1 Å². The third-order valence-electron chi connectivity index (χ3n) is 3.62. The van der Waals surface area contributed by atoms with Crippen LogP contribution < -0.4 is 5.32 Å². The van der Waals surface area contributed by atoms with Crippen molar-refractivity contribution >= 4 is 0 Å². The highest BCUT2D eigenvalue weighted by molar-refractivity contribution is 4.83. The van der Waals surface area contributed by atoms with Crippen molar-refractivity contribution in [3.05, 3.63) is 0 Å². The lowest BCUT2D eigenvalue weighted by Gasteiger charge is -2.41. The van der Waals surface area contributed by atoms with Gasteiger partial charge in [0.05, 0.1) is 6.10 Å². The number of rotatable bonds is 5. The molecule has 1 heterocycles. The monoisotopic (exact) mass is 214 g/mol. The summed E-state index contributed by atoms with van der Waals surface area (Å²) >= 11 is 0. The molecule has 0 saturated carbocycles. The fourth-order valence-corrected chi connectivity index (χ4v) is 2.46. The molecule has 3 nitrogen and oxygen atoms in total. The van der Waals surface area contributed by atoms with Crippen molar-refractivity contribution in [2.75, 3.05) is 20.1 Å². The Balaban J connectivity index is 2.49. The van der Waals surface area contributed by atoms with Gasteiger partial charge in [-0.15, -0.1) is 0 Å². The SMILES string of the molecule is CNCCC1CCCCN1C(C)C(C)O. The molecule has 0 bridgehead atoms. The zero-order valence-electron chi connectivity index (χ0n) is 10.4. The molecule has 0 aromatic rings. The summed E-state index contributed by atoms with van der Waals surface area (Å²) in [6.45, 7) is 6.27. The summed E-state index contributed by atoms with van der Waals surface area (Å²) in [7, 11) is 2.01. The first-order chi connectivity index (χ1) is 7.16. The molecule has 0 aromatic heterocycles. The number of aliphatic hydroxyl groups excluding tert-OH is 1. The van der Waals surface area contributed by atoms with E-state index in [9.17, 15) is 5.11 Å². The van der Waals surface area contributed by atoms with Crippen LogP contribution >= 0.6 is 0 Å². The second-order valence-corrected chi connectivity index (χ2v) is 4.76. The smallest absolute Gasteiger partial charge is 0.0664 e. The molecule has 3 unspecified atom stereocenters. The average Bonchev–Trinajstić information content (AvgIpc) is 2.25. The van der Waals surface area contributed by atoms with Gasteiger partial charge in [0.2, 0.25) is 0 Å². The quantitative estimate of drug-likeness (QED) is 0.722. The summed E-state index contributed by atoms with van der Waals surface area (Å²) in [5, 5.41) is 12.9. The lowest BCUT2D eigenvalue weighted by molar-refractivity contribution is 0.0225. The Hall–Kier alpha value is -0.120. The van der Waals surface area contributed by atoms with Gasteiger partial charge in [-0.2, -0.15) is 0 Å². The molecule has 0 aromatic carbocycles. The van der Waals surface area contributed by atoms with Crippen molar-refractivity contribution in [3.8, 4) is 0 Å². The molecule has 0 radical (unpaired) electrons. The van der Waals surface area contributed by atoms with E-state index >= 15 is 0 Å². The normalized spacial score (nSPS) is 27.6. The average molecular weight is 214 g/mol. The fraction of sp³-hybridized carbons (Fsp3) is 1.00. The third-order valence-corrected chi connectivity index (χ3v) is 3.62. The first kappa shape index (κ1) is 12.9. The van der Waals surface area contributed by atoms with Gasteiger partial charge in [0.25, 0.3) is 0 Å². The topological polar surface area (TPSA) is 35.5 Å². The molecule has 1 aliphatic heterocycles. The van der Waals surface area contributed by atoms with Gasteiger partial charge >= 0.3 is 0 Å². The lowest BCUT2D eigenvalue weighted by Crippen LogP contribution is -2.49. The molecule has 1 fully saturated rings. The minimum absolute atomic E-state index is 0.222. The zero-order valence-corrected chi connectivity index (χ0v) is 10.4. The van der Waals surface area contributed by atoms with E-state index in [-0.39, 0.29) is 6.10 Å². The summed E-state index contributed by atoms with van der Waals surface area (Å²) < 4.78 is 0. The largest absolute Gasteiger partial charge is 0.392 e. The van der Waals surface area contributed by atoms with Gasteiger partial charge in [-0.25, -0.2) is 0 Å². The van der Waals surface area contributed by atoms with Crippen LogP contribution in [0.25, 0.3) is 0 Å². The molecule has 2 N–H and O–H groups in total. The predicted molar refractivity (Wildman–Crippen MR) is 64.0 cm³/mol. The Morgan fingerprint density at radius 3 is 2.73 bits per heavy atom. The highest BCUT2D eigenvalue weighted by Crippen LogP contribution is 2.22. The Morgan fingerprint density at radius 1 is 1.40 bits per heavy atom. The molecule has 0 amide bonds. The van der Waals surface area contributed by atoms with E-state index < -0.39 is 0 Å². The van der Waals surface area contributed by atoms with E-state index in [0.717, 1.165) is 13.1 Å². The highest BCUT2D eigenvalue weighted by atomic mass is 16.3. The first-order valence-electron chi connectivity index (χ1n) is 6.25. The molecule has 15 heavy (non-hydrogen) atoms. The van der Waals surface area contributed by atoms with Crippen LogP contribution in [0.15, 0.2) is 0 Å². The Labute approximate surface area is 93.9 Å². The fourth-order valence-electron chi connectivity index (χ4n) is 2.46. The summed E-state index contributed by atoms with van der Waals surface area (Å²) in [4.78, 5) is 2.49. The van der Waals surface area contributed by atoms with Crippen molar-refractivity contribution in [3.63, 3.8) is 0 Å². The second-order valence-electron chi connectivity index (χ2n) is 4.76. The van der Waals surface area contributed by atoms with Gasteiger partial charge in [-0.05, 0) is 53.2 Å². The zero-order chi connectivity index (χ0) is 11.3. The van der Waals surface area contributed by atoms with Gasteiger partial charge in [0.15, 0.2) is 0 Å². The Kier molecular flexibility index (Phi) is 5.58. The molecule has 3 atom stereocenters. The van der Waals surface area contributed by atoms with Crippen LogP contribution in [0, 0.1) is 0 Å². The van der Waals surface area contributed by atoms with E-state index in [2.05, 4.69) is 17.1 Å². The maximum absolute atomic E-state index is 9.66. The summed E-state index contributed by atoms with van der Waals surface area (Å²) in [5.41, 5.74) is 0. The van der Waals surface area contributed by atoms with E-state index in [1.54, 1.807) is 0 Å². The van der Waals surface area contributed by atoms with Crippen molar-refractivity contribution < 1.29 is 5.11 Å². The van der Waals surface area contributed by atoms with Crippen LogP contribution in [0.3, 0.4) is 0 Å². The summed E-state index contributed by atoms with van der Waals surface area (Å²) in [6, 6.07) is 0.961. The molecule has 0 spiro atoms. The van der Waals surface area contributed by atoms with Crippen LogP contribution in [0.1, 0.15) is 39.5 Å². The van der Waals surface area contributed by atoms with Gasteiger partial charge in [-0.3, -0.25) is 4.90 Å². The molecule has 1 saturated heterocycles. The van der Waals surface area contributed by atoms with Crippen LogP contribution in [-0.4, -0.2) is 48.3 Å². The van der Waals surface area contributed by atoms with E-state index in [1.165, 1.54) is 25.7 Å². The van der Waals surface area contributed by atoms with Gasteiger partial charge < -0.3 is 10.4 Å². The minimum Gasteiger partial charge on any atom is -0.392 e. The van der Waals surface area contributed by atoms with Gasteiger partial charge in [0.1, 0.15) is 0 Å². The number of aliphatic hydroxyl groups is 1. The molecule has 3 heteroatoms. The van der Waals surface area contributed by atoms with Crippen LogP contribution in [0.4, 0.5) is 0 Å². The molecular weight excluding hydrogens is 188 g/mol. The minimum atomic E-state index is -0.222. The van der Waals surface area contributed by atoms with Crippen molar-refractivity contribution in [2.24, 2.45) is 0 Å². The van der Waals surface area contributed by atoms with Crippen molar-refractivity contribution in [1.29, 1.82) is 0 Å². The van der Waals surface area contributed by atoms with Gasteiger partial charge in [-0.1, -0.05) is 6.42 Å². The van der Waals surface area contributed by atoms with Crippen LogP contribution in [0.2, 0.25) is 0 Å². The number of likely N-dealkylation sites (tertiary alicyclic amines) is 1.